The van der Waals surface area contributed by atoms with E-state index in [9.17, 15) is 5.11 Å². The summed E-state index contributed by atoms with van der Waals surface area (Å²) < 4.78 is 12.5. The van der Waals surface area contributed by atoms with E-state index in [-0.39, 0.29) is 11.8 Å². The average Bonchev–Trinajstić information content (AvgIpc) is 3.24. The summed E-state index contributed by atoms with van der Waals surface area (Å²) in [5.41, 5.74) is 2.08. The fraction of sp³-hybridized carbons (Fsp3) is 0.435. The molecule has 1 fully saturated rings. The molecule has 0 aliphatic carbocycles. The summed E-state index contributed by atoms with van der Waals surface area (Å²) in [7, 11) is 3.22. The lowest BCUT2D eigenvalue weighted by Gasteiger charge is -2.36. The number of tetrazole rings is 1. The van der Waals surface area contributed by atoms with Crippen molar-refractivity contribution < 1.29 is 14.6 Å². The molecule has 1 aliphatic heterocycles. The van der Waals surface area contributed by atoms with Gasteiger partial charge in [0.1, 0.15) is 5.75 Å². The lowest BCUT2D eigenvalue weighted by atomic mass is 9.95. The molecule has 164 valence electrons. The van der Waals surface area contributed by atoms with Crippen molar-refractivity contribution in [3.05, 3.63) is 59.4 Å². The molecule has 2 heterocycles. The van der Waals surface area contributed by atoms with E-state index in [0.717, 1.165) is 48.6 Å². The first-order valence-electron chi connectivity index (χ1n) is 10.6. The molecular formula is C23H29N5O3. The highest BCUT2D eigenvalue weighted by Gasteiger charge is 2.31. The zero-order chi connectivity index (χ0) is 21.8. The molecule has 3 aromatic rings. The summed E-state index contributed by atoms with van der Waals surface area (Å²) >= 11 is 0. The maximum absolute atomic E-state index is 10.1. The molecule has 0 amide bonds. The van der Waals surface area contributed by atoms with Crippen LogP contribution in [0.1, 0.15) is 42.8 Å². The van der Waals surface area contributed by atoms with Gasteiger partial charge in [-0.05, 0) is 77.7 Å². The van der Waals surface area contributed by atoms with Crippen LogP contribution in [0.2, 0.25) is 0 Å². The number of benzene rings is 2. The van der Waals surface area contributed by atoms with E-state index in [0.29, 0.717) is 18.2 Å². The van der Waals surface area contributed by atoms with Gasteiger partial charge in [-0.2, -0.15) is 0 Å². The monoisotopic (exact) mass is 423 g/mol. The minimum absolute atomic E-state index is 0.120. The average molecular weight is 424 g/mol. The van der Waals surface area contributed by atoms with Gasteiger partial charge in [-0.15, -0.1) is 5.10 Å². The first-order chi connectivity index (χ1) is 15.1. The van der Waals surface area contributed by atoms with E-state index in [4.69, 9.17) is 9.47 Å². The highest BCUT2D eigenvalue weighted by atomic mass is 16.5. The standard InChI is InChI=1S/C23H29N5O3/c1-16-10-12-27(13-11-16)22(18-6-9-20(29)21(14-18)31-3)23-24-25-26-28(23)15-17-4-7-19(30-2)8-5-17/h4-9,14,16,22,29H,10-13,15H2,1-3H3. The third-order valence-corrected chi connectivity index (χ3v) is 6.00. The number of rotatable bonds is 7. The van der Waals surface area contributed by atoms with Crippen molar-refractivity contribution in [1.29, 1.82) is 0 Å². The van der Waals surface area contributed by atoms with Crippen LogP contribution in [0.5, 0.6) is 17.2 Å². The summed E-state index contributed by atoms with van der Waals surface area (Å²) in [6.45, 7) is 4.78. The molecule has 1 aliphatic rings. The fourth-order valence-electron chi connectivity index (χ4n) is 4.10. The van der Waals surface area contributed by atoms with E-state index in [2.05, 4.69) is 27.3 Å². The van der Waals surface area contributed by atoms with Crippen LogP contribution in [0, 0.1) is 5.92 Å². The number of hydrogen-bond acceptors (Lipinski definition) is 7. The number of piperidine rings is 1. The number of phenolic OH excluding ortho intramolecular Hbond substituents is 1. The van der Waals surface area contributed by atoms with E-state index in [1.807, 2.05) is 41.1 Å². The van der Waals surface area contributed by atoms with Gasteiger partial charge in [0.15, 0.2) is 17.3 Å². The maximum atomic E-state index is 10.1. The third kappa shape index (κ3) is 4.64. The Hall–Kier alpha value is -3.13. The molecule has 31 heavy (non-hydrogen) atoms. The normalized spacial score (nSPS) is 16.2. The van der Waals surface area contributed by atoms with Gasteiger partial charge >= 0.3 is 0 Å². The van der Waals surface area contributed by atoms with Crippen molar-refractivity contribution in [2.45, 2.75) is 32.4 Å². The first kappa shape index (κ1) is 21.1. The Morgan fingerprint density at radius 3 is 2.48 bits per heavy atom. The fourth-order valence-corrected chi connectivity index (χ4v) is 4.10. The SMILES string of the molecule is COc1ccc(Cn2nnnc2C(c2ccc(O)c(OC)c2)N2CCC(C)CC2)cc1. The van der Waals surface area contributed by atoms with Gasteiger partial charge in [-0.3, -0.25) is 4.90 Å². The van der Waals surface area contributed by atoms with Crippen LogP contribution in [0.15, 0.2) is 42.5 Å². The van der Waals surface area contributed by atoms with Crippen molar-refractivity contribution in [2.75, 3.05) is 27.3 Å². The predicted molar refractivity (Wildman–Crippen MR) is 116 cm³/mol. The minimum atomic E-state index is -0.129. The van der Waals surface area contributed by atoms with Gasteiger partial charge in [0.2, 0.25) is 0 Å². The largest absolute Gasteiger partial charge is 0.504 e. The number of nitrogens with zero attached hydrogens (tertiary/aromatic N) is 5. The summed E-state index contributed by atoms with van der Waals surface area (Å²) in [5, 5.41) is 22.8. The maximum Gasteiger partial charge on any atom is 0.173 e. The number of phenols is 1. The van der Waals surface area contributed by atoms with Crippen LogP contribution in [-0.2, 0) is 6.54 Å². The van der Waals surface area contributed by atoms with Crippen LogP contribution < -0.4 is 9.47 Å². The Morgan fingerprint density at radius 2 is 1.81 bits per heavy atom. The smallest absolute Gasteiger partial charge is 0.173 e. The van der Waals surface area contributed by atoms with E-state index in [1.165, 1.54) is 0 Å². The zero-order valence-electron chi connectivity index (χ0n) is 18.2. The molecule has 4 rings (SSSR count). The van der Waals surface area contributed by atoms with Gasteiger partial charge in [0.25, 0.3) is 0 Å². The minimum Gasteiger partial charge on any atom is -0.504 e. The van der Waals surface area contributed by atoms with E-state index < -0.39 is 0 Å². The first-order valence-corrected chi connectivity index (χ1v) is 10.6. The second-order valence-corrected chi connectivity index (χ2v) is 8.10. The van der Waals surface area contributed by atoms with Gasteiger partial charge in [0, 0.05) is 0 Å². The van der Waals surface area contributed by atoms with Crippen molar-refractivity contribution in [3.63, 3.8) is 0 Å². The summed E-state index contributed by atoms with van der Waals surface area (Å²) in [6.07, 6.45) is 2.26. The molecular weight excluding hydrogens is 394 g/mol. The molecule has 1 saturated heterocycles. The molecule has 0 bridgehead atoms. The van der Waals surface area contributed by atoms with E-state index >= 15 is 0 Å². The van der Waals surface area contributed by atoms with Gasteiger partial charge in [-0.25, -0.2) is 4.68 Å². The molecule has 1 N–H and O–H groups in total. The third-order valence-electron chi connectivity index (χ3n) is 6.00. The zero-order valence-corrected chi connectivity index (χ0v) is 18.2. The van der Waals surface area contributed by atoms with E-state index in [1.54, 1.807) is 20.3 Å². The molecule has 0 spiro atoms. The topological polar surface area (TPSA) is 85.5 Å². The molecule has 0 radical (unpaired) electrons. The lowest BCUT2D eigenvalue weighted by Crippen LogP contribution is -2.38. The van der Waals surface area contributed by atoms with Crippen LogP contribution in [0.4, 0.5) is 0 Å². The van der Waals surface area contributed by atoms with Crippen LogP contribution in [0.25, 0.3) is 0 Å². The molecule has 8 nitrogen and oxygen atoms in total. The van der Waals surface area contributed by atoms with Gasteiger partial charge < -0.3 is 14.6 Å². The highest BCUT2D eigenvalue weighted by Crippen LogP contribution is 2.36. The van der Waals surface area contributed by atoms with Crippen LogP contribution >= 0.6 is 0 Å². The molecule has 1 aromatic heterocycles. The van der Waals surface area contributed by atoms with Crippen molar-refractivity contribution in [2.24, 2.45) is 5.92 Å². The predicted octanol–water partition coefficient (Wildman–Crippen LogP) is 3.27. The highest BCUT2D eigenvalue weighted by molar-refractivity contribution is 5.44. The van der Waals surface area contributed by atoms with Crippen LogP contribution in [0.3, 0.4) is 0 Å². The van der Waals surface area contributed by atoms with Gasteiger partial charge in [-0.1, -0.05) is 25.1 Å². The second-order valence-electron chi connectivity index (χ2n) is 8.10. The molecule has 2 aromatic carbocycles. The Balaban J connectivity index is 1.69. The van der Waals surface area contributed by atoms with Crippen molar-refractivity contribution in [3.8, 4) is 17.2 Å². The summed E-state index contributed by atoms with van der Waals surface area (Å²) in [6, 6.07) is 13.3. The number of methoxy groups -OCH3 is 2. The van der Waals surface area contributed by atoms with Gasteiger partial charge in [0.05, 0.1) is 26.8 Å². The quantitative estimate of drug-likeness (QED) is 0.624. The Bertz CT molecular complexity index is 997. The number of aromatic nitrogens is 4. The second kappa shape index (κ2) is 9.34. The van der Waals surface area contributed by atoms with Crippen molar-refractivity contribution >= 4 is 0 Å². The number of aromatic hydroxyl groups is 1. The Morgan fingerprint density at radius 1 is 1.06 bits per heavy atom. The number of hydrogen-bond donors (Lipinski definition) is 1. The lowest BCUT2D eigenvalue weighted by molar-refractivity contribution is 0.150. The van der Waals surface area contributed by atoms with Crippen molar-refractivity contribution in [1.82, 2.24) is 25.1 Å². The number of ether oxygens (including phenoxy) is 2. The summed E-state index contributed by atoms with van der Waals surface area (Å²) in [5.74, 6) is 2.87. The number of likely N-dealkylation sites (tertiary alicyclic amines) is 1. The summed E-state index contributed by atoms with van der Waals surface area (Å²) in [4.78, 5) is 2.42. The molecule has 1 atom stereocenters. The molecule has 0 saturated carbocycles. The molecule has 8 heteroatoms. The Labute approximate surface area is 182 Å². The van der Waals surface area contributed by atoms with Crippen LogP contribution in [-0.4, -0.2) is 57.5 Å². The Kier molecular flexibility index (Phi) is 6.36. The molecule has 1 unspecified atom stereocenters.